The molecule has 0 fully saturated rings. The molecular weight excluding hydrogens is 544 g/mol. The number of carboxylic acids is 6. The second-order valence-electron chi connectivity index (χ2n) is 7.90. The molecule has 0 aromatic carbocycles. The van der Waals surface area contributed by atoms with Crippen molar-refractivity contribution in [2.45, 2.75) is 82.3 Å². The minimum Gasteiger partial charge on any atom is -0.550 e. The Labute approximate surface area is 229 Å². The predicted molar refractivity (Wildman–Crippen MR) is 116 cm³/mol. The highest BCUT2D eigenvalue weighted by atomic mass is 16.4. The molecule has 0 saturated heterocycles. The molecule has 11 N–H and O–H groups in total. The van der Waals surface area contributed by atoms with Crippen LogP contribution in [0.15, 0.2) is 0 Å². The molecule has 0 saturated carbocycles. The van der Waals surface area contributed by atoms with Crippen molar-refractivity contribution in [3.8, 4) is 0 Å². The zero-order chi connectivity index (χ0) is 32.3. The van der Waals surface area contributed by atoms with Gasteiger partial charge in [0, 0.05) is 43.7 Å². The van der Waals surface area contributed by atoms with E-state index in [1.807, 2.05) is 0 Å². The lowest BCUT2D eigenvalue weighted by Crippen LogP contribution is -2.68. The van der Waals surface area contributed by atoms with E-state index in [0.717, 1.165) is 25.7 Å². The zero-order valence-electron chi connectivity index (χ0n) is 22.0. The van der Waals surface area contributed by atoms with E-state index in [-0.39, 0.29) is 12.8 Å². The van der Waals surface area contributed by atoms with Crippen molar-refractivity contribution >= 4 is 47.9 Å². The Kier molecular flexibility index (Phi) is 30.2. The fourth-order valence-electron chi connectivity index (χ4n) is 1.95. The average Bonchev–Trinajstić information content (AvgIpc) is 2.86. The van der Waals surface area contributed by atoms with Gasteiger partial charge in [-0.3, -0.25) is 4.79 Å². The standard InChI is InChI=1S/C6H14N2O2.C6H11NO3.C5H9NO4.C5H6O5/c7-4-2-1-3-5(8)6(9)10;7-5(6(9)10)3-1-2-4-8;2*6-3(5(9)10)1-2-4(7)8/h5H,1-4,7-8H2,(H,9,10);4-5H,1-3,7H2,(H,9,10);3H,1-2,6H2,(H,7,8)(H,9,10);1-2H2,(H,7,8)(H,9,10)/p-3/t2*5-;;/m00../s1. The van der Waals surface area contributed by atoms with Gasteiger partial charge in [-0.25, -0.2) is 0 Å². The maximum atomic E-state index is 10.1. The van der Waals surface area contributed by atoms with Crippen molar-refractivity contribution in [1.82, 2.24) is 0 Å². The second kappa shape index (κ2) is 28.0. The van der Waals surface area contributed by atoms with Crippen LogP contribution in [0.1, 0.15) is 64.2 Å². The Balaban J connectivity index is -0.000000216. The third-order valence-electron chi connectivity index (χ3n) is 4.34. The Bertz CT molecular complexity index is 806. The minimum absolute atomic E-state index is 0.0370. The molecule has 0 spiro atoms. The first-order valence-electron chi connectivity index (χ1n) is 11.8. The molecule has 0 aliphatic rings. The third kappa shape index (κ3) is 36.2. The Morgan fingerprint density at radius 1 is 0.650 bits per heavy atom. The molecule has 0 amide bonds. The van der Waals surface area contributed by atoms with Gasteiger partial charge in [-0.05, 0) is 38.5 Å². The smallest absolute Gasteiger partial charge is 0.178 e. The summed E-state index contributed by atoms with van der Waals surface area (Å²) in [6, 6.07) is -2.44. The van der Waals surface area contributed by atoms with Crippen molar-refractivity contribution in [2.24, 2.45) is 5.73 Å². The maximum Gasteiger partial charge on any atom is 0.178 e. The number of rotatable bonds is 18. The van der Waals surface area contributed by atoms with Gasteiger partial charge in [0.2, 0.25) is 0 Å². The number of carbonyl (C=O) groups is 8. The molecule has 0 bridgehead atoms. The number of quaternary nitrogens is 3. The molecule has 40 heavy (non-hydrogen) atoms. The van der Waals surface area contributed by atoms with E-state index in [0.29, 0.717) is 25.7 Å². The van der Waals surface area contributed by atoms with Crippen LogP contribution >= 0.6 is 0 Å². The van der Waals surface area contributed by atoms with Crippen molar-refractivity contribution in [3.63, 3.8) is 0 Å². The Hall–Kier alpha value is -4.00. The highest BCUT2D eigenvalue weighted by molar-refractivity contribution is 6.31. The highest BCUT2D eigenvalue weighted by Crippen LogP contribution is 1.95. The molecule has 1 unspecified atom stereocenters. The largest absolute Gasteiger partial charge is 0.550 e. The van der Waals surface area contributed by atoms with E-state index in [1.54, 1.807) is 0 Å². The topological polar surface area (TPSA) is 384 Å². The van der Waals surface area contributed by atoms with Gasteiger partial charge < -0.3 is 87.1 Å². The van der Waals surface area contributed by atoms with Gasteiger partial charge in [0.25, 0.3) is 0 Å². The van der Waals surface area contributed by atoms with E-state index in [4.69, 9.17) is 5.73 Å². The molecule has 3 atom stereocenters. The lowest BCUT2D eigenvalue weighted by Gasteiger charge is -2.10. The average molecular weight is 582 g/mol. The molecule has 18 nitrogen and oxygen atoms in total. The number of hydrogen-bond donors (Lipinski definition) is 4. The summed E-state index contributed by atoms with van der Waals surface area (Å²) in [6.07, 6.45) is 2.91. The molecule has 0 aliphatic heterocycles. The minimum atomic E-state index is -1.86. The van der Waals surface area contributed by atoms with E-state index in [1.165, 1.54) is 0 Å². The van der Waals surface area contributed by atoms with Crippen LogP contribution in [0, 0.1) is 0 Å². The van der Waals surface area contributed by atoms with Crippen LogP contribution < -0.4 is 53.6 Å². The van der Waals surface area contributed by atoms with Crippen LogP contribution in [0.4, 0.5) is 0 Å². The quantitative estimate of drug-likeness (QED) is 0.0662. The van der Waals surface area contributed by atoms with E-state index < -0.39 is 72.6 Å². The first kappa shape index (κ1) is 43.1. The number of aldehydes is 1. The van der Waals surface area contributed by atoms with Gasteiger partial charge in [-0.1, -0.05) is 0 Å². The summed E-state index contributed by atoms with van der Waals surface area (Å²) in [5.41, 5.74) is 15.3. The number of Topliss-reactive ketones (excluding diaryl/α,β-unsaturated/α-hetero) is 1. The van der Waals surface area contributed by atoms with E-state index in [9.17, 15) is 69.0 Å². The molecule has 0 heterocycles. The van der Waals surface area contributed by atoms with Crippen molar-refractivity contribution in [3.05, 3.63) is 0 Å². The van der Waals surface area contributed by atoms with Crippen LogP contribution in [0.25, 0.3) is 0 Å². The van der Waals surface area contributed by atoms with Crippen LogP contribution in [-0.4, -0.2) is 72.6 Å². The first-order chi connectivity index (χ1) is 18.4. The third-order valence-corrected chi connectivity index (χ3v) is 4.34. The molecule has 18 heteroatoms. The second-order valence-corrected chi connectivity index (χ2v) is 7.90. The summed E-state index contributed by atoms with van der Waals surface area (Å²) in [4.78, 5) is 78.9. The highest BCUT2D eigenvalue weighted by Gasteiger charge is 2.06. The van der Waals surface area contributed by atoms with Gasteiger partial charge in [-0.15, -0.1) is 0 Å². The predicted octanol–water partition coefficient (Wildman–Crippen LogP) is -12.1. The molecule has 0 rings (SSSR count). The summed E-state index contributed by atoms with van der Waals surface area (Å²) >= 11 is 0. The summed E-state index contributed by atoms with van der Waals surface area (Å²) < 4.78 is 0. The number of ketones is 1. The first-order valence-corrected chi connectivity index (χ1v) is 11.8. The summed E-state index contributed by atoms with van der Waals surface area (Å²) in [5, 5.41) is 59.1. The number of carbonyl (C=O) groups excluding carboxylic acids is 8. The Morgan fingerprint density at radius 2 is 1.12 bits per heavy atom. The fourth-order valence-corrected chi connectivity index (χ4v) is 1.95. The summed E-state index contributed by atoms with van der Waals surface area (Å²) in [7, 11) is 0. The molecular formula is C22H37N4O14-3. The van der Waals surface area contributed by atoms with Gasteiger partial charge in [0.15, 0.2) is 5.78 Å². The lowest BCUT2D eigenvalue weighted by atomic mass is 10.1. The van der Waals surface area contributed by atoms with Crippen LogP contribution in [-0.2, 0) is 38.4 Å². The summed E-state index contributed by atoms with van der Waals surface area (Å²) in [6.45, 7) is 0.861. The summed E-state index contributed by atoms with van der Waals surface area (Å²) in [5.74, 6) is -9.44. The van der Waals surface area contributed by atoms with Crippen LogP contribution in [0.5, 0.6) is 0 Å². The monoisotopic (exact) mass is 581 g/mol. The SMILES string of the molecule is N[C@@H](CCCC=O)C(=O)[O-].O=C([O-])CCC(=O)C(=O)[O-].[NH3+]C(CCC(=O)[O-])C(=O)[O-].[NH3+]CCCC[C@H]([NH3+])C(=O)[O-]. The number of nitrogens with two attached hydrogens (primary N) is 1. The van der Waals surface area contributed by atoms with Crippen molar-refractivity contribution in [1.29, 1.82) is 0 Å². The van der Waals surface area contributed by atoms with Gasteiger partial charge in [-0.2, -0.15) is 0 Å². The molecule has 0 radical (unpaired) electrons. The number of unbranched alkanes of at least 4 members (excludes halogenated alkanes) is 2. The zero-order valence-corrected chi connectivity index (χ0v) is 22.0. The maximum absolute atomic E-state index is 10.1. The molecule has 0 aromatic heterocycles. The molecule has 0 aliphatic carbocycles. The van der Waals surface area contributed by atoms with E-state index in [2.05, 4.69) is 17.2 Å². The van der Waals surface area contributed by atoms with Crippen molar-refractivity contribution in [2.75, 3.05) is 6.54 Å². The van der Waals surface area contributed by atoms with Crippen molar-refractivity contribution < 1.29 is 86.2 Å². The number of hydrogen-bond acceptors (Lipinski definition) is 15. The van der Waals surface area contributed by atoms with Gasteiger partial charge >= 0.3 is 0 Å². The normalized spacial score (nSPS) is 11.7. The lowest BCUT2D eigenvalue weighted by molar-refractivity contribution is -0.439. The Morgan fingerprint density at radius 3 is 1.48 bits per heavy atom. The van der Waals surface area contributed by atoms with Gasteiger partial charge in [0.05, 0.1) is 24.5 Å². The van der Waals surface area contributed by atoms with Crippen LogP contribution in [0.3, 0.4) is 0 Å². The number of aliphatic carboxylic acids is 6. The van der Waals surface area contributed by atoms with E-state index >= 15 is 0 Å². The molecule has 0 aromatic rings. The molecule has 232 valence electrons. The fraction of sp³-hybridized carbons (Fsp3) is 0.636. The van der Waals surface area contributed by atoms with Crippen LogP contribution in [0.2, 0.25) is 0 Å². The number of carboxylic acid groups (broad SMARTS) is 6. The van der Waals surface area contributed by atoms with Gasteiger partial charge in [0.1, 0.15) is 24.3 Å².